The average molecular weight is 220 g/mol. The first-order valence-corrected chi connectivity index (χ1v) is 5.29. The molecule has 0 fully saturated rings. The highest BCUT2D eigenvalue weighted by atomic mass is 16.5. The summed E-state index contributed by atoms with van der Waals surface area (Å²) >= 11 is 0. The third-order valence-electron chi connectivity index (χ3n) is 2.05. The van der Waals surface area contributed by atoms with E-state index in [0.29, 0.717) is 5.70 Å². The molecule has 1 aromatic carbocycles. The Bertz CT molecular complexity index is 409. The number of hydrogen-bond acceptors (Lipinski definition) is 4. The molecule has 0 saturated heterocycles. The Kier molecular flexibility index (Phi) is 4.42. The molecule has 86 valence electrons. The molecule has 1 heterocycles. The van der Waals surface area contributed by atoms with Crippen molar-refractivity contribution in [2.75, 3.05) is 24.3 Å². The van der Waals surface area contributed by atoms with Gasteiger partial charge in [-0.2, -0.15) is 0 Å². The highest BCUT2D eigenvalue weighted by molar-refractivity contribution is 5.72. The molecule has 0 aromatic heterocycles. The van der Waals surface area contributed by atoms with Crippen LogP contribution >= 0.6 is 0 Å². The Morgan fingerprint density at radius 2 is 2.19 bits per heavy atom. The molecule has 0 aliphatic carbocycles. The largest absolute Gasteiger partial charge is 0.484 e. The van der Waals surface area contributed by atoms with Crippen molar-refractivity contribution >= 4 is 17.3 Å². The van der Waals surface area contributed by atoms with E-state index in [2.05, 4.69) is 10.6 Å². The summed E-state index contributed by atoms with van der Waals surface area (Å²) in [7, 11) is 1.84. The summed E-state index contributed by atoms with van der Waals surface area (Å²) in [5.74, 6) is 2.55. The Hall–Kier alpha value is -1.93. The van der Waals surface area contributed by atoms with E-state index in [-0.39, 0.29) is 6.61 Å². The van der Waals surface area contributed by atoms with Crippen LogP contribution in [0.1, 0.15) is 13.8 Å². The van der Waals surface area contributed by atoms with Gasteiger partial charge in [-0.15, -0.1) is 0 Å². The van der Waals surface area contributed by atoms with Gasteiger partial charge in [0.1, 0.15) is 24.0 Å². The lowest BCUT2D eigenvalue weighted by Gasteiger charge is -2.20. The fourth-order valence-corrected chi connectivity index (χ4v) is 1.31. The van der Waals surface area contributed by atoms with Crippen molar-refractivity contribution in [1.82, 2.24) is 0 Å². The van der Waals surface area contributed by atoms with Crippen molar-refractivity contribution in [3.05, 3.63) is 23.9 Å². The molecule has 4 nitrogen and oxygen atoms in total. The molecule has 4 heteroatoms. The van der Waals surface area contributed by atoms with E-state index in [1.165, 1.54) is 0 Å². The summed E-state index contributed by atoms with van der Waals surface area (Å²) in [5.41, 5.74) is 2.18. The lowest BCUT2D eigenvalue weighted by molar-refractivity contribution is 0.347. The van der Waals surface area contributed by atoms with Crippen LogP contribution in [0.25, 0.3) is 0 Å². The zero-order valence-corrected chi connectivity index (χ0v) is 9.76. The summed E-state index contributed by atoms with van der Waals surface area (Å²) < 4.78 is 5.34. The molecule has 0 amide bonds. The van der Waals surface area contributed by atoms with Gasteiger partial charge in [-0.25, -0.2) is 4.79 Å². The van der Waals surface area contributed by atoms with Crippen LogP contribution in [0, 0.1) is 0 Å². The van der Waals surface area contributed by atoms with Gasteiger partial charge >= 0.3 is 0 Å². The van der Waals surface area contributed by atoms with Gasteiger partial charge in [0.2, 0.25) is 0 Å². The van der Waals surface area contributed by atoms with E-state index in [4.69, 9.17) is 4.74 Å². The Balaban J connectivity index is 0.000000606. The summed E-state index contributed by atoms with van der Waals surface area (Å²) in [6, 6.07) is 5.65. The van der Waals surface area contributed by atoms with Crippen LogP contribution in [0.15, 0.2) is 23.9 Å². The average Bonchev–Trinajstić information content (AvgIpc) is 2.39. The molecule has 1 aliphatic heterocycles. The molecule has 0 bridgehead atoms. The number of nitrogens with one attached hydrogen (secondary N) is 2. The van der Waals surface area contributed by atoms with Gasteiger partial charge in [0.05, 0.1) is 5.69 Å². The zero-order chi connectivity index (χ0) is 12.0. The Labute approximate surface area is 95.3 Å². The predicted molar refractivity (Wildman–Crippen MR) is 65.7 cm³/mol. The Morgan fingerprint density at radius 3 is 2.81 bits per heavy atom. The number of hydrogen-bond donors (Lipinski definition) is 2. The van der Waals surface area contributed by atoms with Gasteiger partial charge in [0.25, 0.3) is 0 Å². The molecule has 2 N–H and O–H groups in total. The number of ether oxygens (including phenoxy) is 1. The molecule has 0 atom stereocenters. The zero-order valence-electron chi connectivity index (χ0n) is 9.76. The second-order valence-electron chi connectivity index (χ2n) is 2.96. The maximum Gasteiger partial charge on any atom is 0.149 e. The van der Waals surface area contributed by atoms with Crippen LogP contribution in [-0.2, 0) is 4.79 Å². The minimum absolute atomic E-state index is 0.259. The first-order chi connectivity index (χ1) is 7.83. The highest BCUT2D eigenvalue weighted by Crippen LogP contribution is 2.31. The van der Waals surface area contributed by atoms with Crippen LogP contribution < -0.4 is 15.4 Å². The van der Waals surface area contributed by atoms with Gasteiger partial charge in [-0.1, -0.05) is 13.8 Å². The second-order valence-corrected chi connectivity index (χ2v) is 2.96. The molecule has 2 rings (SSSR count). The quantitative estimate of drug-likeness (QED) is 0.713. The molecule has 16 heavy (non-hydrogen) atoms. The van der Waals surface area contributed by atoms with Gasteiger partial charge in [0, 0.05) is 12.7 Å². The molecule has 0 spiro atoms. The van der Waals surface area contributed by atoms with E-state index in [9.17, 15) is 4.79 Å². The van der Waals surface area contributed by atoms with E-state index in [1.807, 2.05) is 39.1 Å². The van der Waals surface area contributed by atoms with Crippen LogP contribution in [0.3, 0.4) is 0 Å². The Morgan fingerprint density at radius 1 is 1.44 bits per heavy atom. The van der Waals surface area contributed by atoms with Crippen molar-refractivity contribution < 1.29 is 9.53 Å². The highest BCUT2D eigenvalue weighted by Gasteiger charge is 2.13. The number of anilines is 2. The van der Waals surface area contributed by atoms with Crippen molar-refractivity contribution in [3.63, 3.8) is 0 Å². The number of carbonyl (C=O) groups excluding carboxylic acids is 1. The molecule has 0 saturated carbocycles. The monoisotopic (exact) mass is 220 g/mol. The van der Waals surface area contributed by atoms with E-state index in [0.717, 1.165) is 17.1 Å². The SMILES string of the molecule is CC.CNc1ccc2c(c1)NC(=C=O)CO2. The maximum atomic E-state index is 10.4. The first kappa shape index (κ1) is 12.1. The number of fused-ring (bicyclic) bond motifs is 1. The van der Waals surface area contributed by atoms with Crippen LogP contribution in [0.4, 0.5) is 11.4 Å². The van der Waals surface area contributed by atoms with Crippen molar-refractivity contribution in [1.29, 1.82) is 0 Å². The van der Waals surface area contributed by atoms with Crippen molar-refractivity contribution in [3.8, 4) is 5.75 Å². The van der Waals surface area contributed by atoms with E-state index < -0.39 is 0 Å². The minimum Gasteiger partial charge on any atom is -0.484 e. The summed E-state index contributed by atoms with van der Waals surface area (Å²) in [4.78, 5) is 10.4. The summed E-state index contributed by atoms with van der Waals surface area (Å²) in [5, 5.41) is 5.96. The topological polar surface area (TPSA) is 50.4 Å². The van der Waals surface area contributed by atoms with E-state index in [1.54, 1.807) is 5.94 Å². The summed E-state index contributed by atoms with van der Waals surface area (Å²) in [6.45, 7) is 4.26. The van der Waals surface area contributed by atoms with Gasteiger partial charge in [-0.05, 0) is 18.2 Å². The normalized spacial score (nSPS) is 12.1. The minimum atomic E-state index is 0.259. The number of benzene rings is 1. The molecular formula is C12H16N2O2. The lowest BCUT2D eigenvalue weighted by Crippen LogP contribution is -2.16. The van der Waals surface area contributed by atoms with Gasteiger partial charge in [-0.3, -0.25) is 0 Å². The molecule has 0 unspecified atom stereocenters. The molecule has 0 radical (unpaired) electrons. The third-order valence-corrected chi connectivity index (χ3v) is 2.05. The van der Waals surface area contributed by atoms with Crippen LogP contribution in [0.5, 0.6) is 5.75 Å². The van der Waals surface area contributed by atoms with E-state index >= 15 is 0 Å². The van der Waals surface area contributed by atoms with Crippen LogP contribution in [0.2, 0.25) is 0 Å². The van der Waals surface area contributed by atoms with Gasteiger partial charge < -0.3 is 15.4 Å². The van der Waals surface area contributed by atoms with Crippen LogP contribution in [-0.4, -0.2) is 19.6 Å². The fourth-order valence-electron chi connectivity index (χ4n) is 1.31. The smallest absolute Gasteiger partial charge is 0.149 e. The van der Waals surface area contributed by atoms with Crippen molar-refractivity contribution in [2.24, 2.45) is 0 Å². The summed E-state index contributed by atoms with van der Waals surface area (Å²) in [6.07, 6.45) is 0. The first-order valence-electron chi connectivity index (χ1n) is 5.29. The molecular weight excluding hydrogens is 204 g/mol. The predicted octanol–water partition coefficient (Wildman–Crippen LogP) is 2.27. The maximum absolute atomic E-state index is 10.4. The lowest BCUT2D eigenvalue weighted by atomic mass is 10.2. The number of rotatable bonds is 1. The third kappa shape index (κ3) is 2.55. The van der Waals surface area contributed by atoms with Crippen molar-refractivity contribution in [2.45, 2.75) is 13.8 Å². The second kappa shape index (κ2) is 5.83. The molecule has 1 aromatic rings. The molecule has 1 aliphatic rings. The van der Waals surface area contributed by atoms with Gasteiger partial charge in [0.15, 0.2) is 0 Å². The fraction of sp³-hybridized carbons (Fsp3) is 0.333. The standard InChI is InChI=1S/C10H10N2O2.C2H6/c1-11-7-2-3-10-9(4-7)12-8(5-13)6-14-10;1-2/h2-4,11-12H,6H2,1H3;1-2H3.